The van der Waals surface area contributed by atoms with Crippen molar-refractivity contribution in [2.24, 2.45) is 5.92 Å². The van der Waals surface area contributed by atoms with Crippen LogP contribution < -0.4 is 5.32 Å². The molecule has 1 aromatic carbocycles. The summed E-state index contributed by atoms with van der Waals surface area (Å²) in [5.74, 6) is 0.377. The van der Waals surface area contributed by atoms with Gasteiger partial charge in [-0.1, -0.05) is 43.0 Å². The highest BCUT2D eigenvalue weighted by Crippen LogP contribution is 2.38. The van der Waals surface area contributed by atoms with Crippen molar-refractivity contribution >= 4 is 17.5 Å². The van der Waals surface area contributed by atoms with Gasteiger partial charge in [0.1, 0.15) is 5.60 Å². The van der Waals surface area contributed by atoms with Crippen molar-refractivity contribution in [3.8, 4) is 0 Å². The molecule has 1 aromatic rings. The van der Waals surface area contributed by atoms with Crippen molar-refractivity contribution in [2.45, 2.75) is 44.1 Å². The summed E-state index contributed by atoms with van der Waals surface area (Å²) >= 11 is 6.07. The topological polar surface area (TPSA) is 38.3 Å². The Hall–Kier alpha value is -1.06. The van der Waals surface area contributed by atoms with Crippen LogP contribution in [0.5, 0.6) is 0 Å². The van der Waals surface area contributed by atoms with Crippen LogP contribution in [0.25, 0.3) is 0 Å². The van der Waals surface area contributed by atoms with Gasteiger partial charge in [-0.25, -0.2) is 0 Å². The van der Waals surface area contributed by atoms with E-state index in [0.29, 0.717) is 11.6 Å². The smallest absolute Gasteiger partial charge is 0.223 e. The molecule has 1 amide bonds. The largest absolute Gasteiger partial charge is 0.368 e. The first-order valence-corrected chi connectivity index (χ1v) is 8.25. The van der Waals surface area contributed by atoms with Crippen molar-refractivity contribution < 1.29 is 9.53 Å². The SMILES string of the molecule is O=C(NCC1(c2cccc(Cl)c2)CCO1)C1CCCCC1. The Balaban J connectivity index is 1.63. The van der Waals surface area contributed by atoms with Crippen LogP contribution in [-0.4, -0.2) is 19.1 Å². The fourth-order valence-electron chi connectivity index (χ4n) is 3.33. The van der Waals surface area contributed by atoms with Crippen LogP contribution in [0.3, 0.4) is 0 Å². The highest BCUT2D eigenvalue weighted by molar-refractivity contribution is 6.30. The zero-order chi connectivity index (χ0) is 14.7. The number of carbonyl (C=O) groups excluding carboxylic acids is 1. The summed E-state index contributed by atoms with van der Waals surface area (Å²) in [4.78, 5) is 12.3. The lowest BCUT2D eigenvalue weighted by Crippen LogP contribution is -2.51. The lowest BCUT2D eigenvalue weighted by Gasteiger charge is -2.42. The first-order chi connectivity index (χ1) is 10.2. The molecule has 3 nitrogen and oxygen atoms in total. The maximum absolute atomic E-state index is 12.3. The average molecular weight is 308 g/mol. The zero-order valence-corrected chi connectivity index (χ0v) is 13.0. The van der Waals surface area contributed by atoms with E-state index in [4.69, 9.17) is 16.3 Å². The summed E-state index contributed by atoms with van der Waals surface area (Å²) in [7, 11) is 0. The van der Waals surface area contributed by atoms with Gasteiger partial charge < -0.3 is 10.1 Å². The molecule has 1 atom stereocenters. The summed E-state index contributed by atoms with van der Waals surface area (Å²) < 4.78 is 5.82. The van der Waals surface area contributed by atoms with E-state index in [1.54, 1.807) is 0 Å². The second-order valence-corrected chi connectivity index (χ2v) is 6.59. The fourth-order valence-corrected chi connectivity index (χ4v) is 3.52. The molecule has 1 aliphatic carbocycles. The summed E-state index contributed by atoms with van der Waals surface area (Å²) in [5, 5.41) is 3.82. The van der Waals surface area contributed by atoms with E-state index in [1.165, 1.54) is 19.3 Å². The monoisotopic (exact) mass is 307 g/mol. The van der Waals surface area contributed by atoms with E-state index in [-0.39, 0.29) is 17.4 Å². The third kappa shape index (κ3) is 3.24. The van der Waals surface area contributed by atoms with Crippen LogP contribution in [-0.2, 0) is 15.1 Å². The molecule has 1 saturated heterocycles. The predicted octanol–water partition coefficient (Wildman–Crippen LogP) is 3.65. The summed E-state index contributed by atoms with van der Waals surface area (Å²) in [5.41, 5.74) is 0.681. The van der Waals surface area contributed by atoms with Crippen LogP contribution >= 0.6 is 11.6 Å². The second kappa shape index (κ2) is 6.37. The number of nitrogens with one attached hydrogen (secondary N) is 1. The molecule has 0 aromatic heterocycles. The first-order valence-electron chi connectivity index (χ1n) is 7.87. The van der Waals surface area contributed by atoms with Gasteiger partial charge >= 0.3 is 0 Å². The minimum atomic E-state index is -0.380. The van der Waals surface area contributed by atoms with Crippen molar-refractivity contribution in [3.05, 3.63) is 34.9 Å². The molecule has 2 aliphatic rings. The molecule has 1 N–H and O–H groups in total. The molecule has 1 saturated carbocycles. The number of hydrogen-bond donors (Lipinski definition) is 1. The number of benzene rings is 1. The Morgan fingerprint density at radius 3 is 2.71 bits per heavy atom. The maximum atomic E-state index is 12.3. The van der Waals surface area contributed by atoms with Crippen LogP contribution in [0.4, 0.5) is 0 Å². The molecule has 0 spiro atoms. The second-order valence-electron chi connectivity index (χ2n) is 6.16. The quantitative estimate of drug-likeness (QED) is 0.922. The number of rotatable bonds is 4. The number of hydrogen-bond acceptors (Lipinski definition) is 2. The highest BCUT2D eigenvalue weighted by atomic mass is 35.5. The first kappa shape index (κ1) is 14.9. The van der Waals surface area contributed by atoms with E-state index in [1.807, 2.05) is 24.3 Å². The average Bonchev–Trinajstić information content (AvgIpc) is 2.47. The summed E-state index contributed by atoms with van der Waals surface area (Å²) in [6.07, 6.45) is 6.59. The van der Waals surface area contributed by atoms with Crippen LogP contribution in [0.1, 0.15) is 44.1 Å². The van der Waals surface area contributed by atoms with Crippen LogP contribution in [0, 0.1) is 5.92 Å². The van der Waals surface area contributed by atoms with Crippen LogP contribution in [0.15, 0.2) is 24.3 Å². The van der Waals surface area contributed by atoms with Gasteiger partial charge in [-0.3, -0.25) is 4.79 Å². The molecule has 1 heterocycles. The molecule has 114 valence electrons. The Morgan fingerprint density at radius 1 is 1.33 bits per heavy atom. The van der Waals surface area contributed by atoms with E-state index in [2.05, 4.69) is 5.32 Å². The molecule has 1 aliphatic heterocycles. The van der Waals surface area contributed by atoms with Gasteiger partial charge in [0.2, 0.25) is 5.91 Å². The van der Waals surface area contributed by atoms with Crippen molar-refractivity contribution in [1.82, 2.24) is 5.32 Å². The molecule has 3 rings (SSSR count). The van der Waals surface area contributed by atoms with Gasteiger partial charge in [-0.15, -0.1) is 0 Å². The lowest BCUT2D eigenvalue weighted by molar-refractivity contribution is -0.156. The highest BCUT2D eigenvalue weighted by Gasteiger charge is 2.41. The zero-order valence-electron chi connectivity index (χ0n) is 12.2. The molecule has 1 unspecified atom stereocenters. The molecule has 21 heavy (non-hydrogen) atoms. The Labute approximate surface area is 131 Å². The van der Waals surface area contributed by atoms with Gasteiger partial charge in [0.15, 0.2) is 0 Å². The normalized spacial score (nSPS) is 26.1. The molecule has 0 radical (unpaired) electrons. The van der Waals surface area contributed by atoms with Gasteiger partial charge in [-0.05, 0) is 30.5 Å². The van der Waals surface area contributed by atoms with E-state index in [9.17, 15) is 4.79 Å². The van der Waals surface area contributed by atoms with Crippen LogP contribution in [0.2, 0.25) is 5.02 Å². The van der Waals surface area contributed by atoms with Gasteiger partial charge in [0, 0.05) is 17.4 Å². The third-order valence-electron chi connectivity index (χ3n) is 4.76. The van der Waals surface area contributed by atoms with E-state index >= 15 is 0 Å². The van der Waals surface area contributed by atoms with Gasteiger partial charge in [0.25, 0.3) is 0 Å². The Bertz CT molecular complexity index is 507. The number of carbonyl (C=O) groups is 1. The van der Waals surface area contributed by atoms with E-state index < -0.39 is 0 Å². The number of amides is 1. The molecule has 0 bridgehead atoms. The van der Waals surface area contributed by atoms with Crippen molar-refractivity contribution in [3.63, 3.8) is 0 Å². The molecular weight excluding hydrogens is 286 g/mol. The predicted molar refractivity (Wildman–Crippen MR) is 83.3 cm³/mol. The van der Waals surface area contributed by atoms with Gasteiger partial charge in [0.05, 0.1) is 13.2 Å². The number of ether oxygens (including phenoxy) is 1. The van der Waals surface area contributed by atoms with Crippen molar-refractivity contribution in [2.75, 3.05) is 13.2 Å². The molecular formula is C17H22ClNO2. The number of halogens is 1. The third-order valence-corrected chi connectivity index (χ3v) is 4.99. The van der Waals surface area contributed by atoms with Crippen molar-refractivity contribution in [1.29, 1.82) is 0 Å². The minimum absolute atomic E-state index is 0.187. The fraction of sp³-hybridized carbons (Fsp3) is 0.588. The van der Waals surface area contributed by atoms with E-state index in [0.717, 1.165) is 31.4 Å². The molecule has 2 fully saturated rings. The Morgan fingerprint density at radius 2 is 2.10 bits per heavy atom. The Kier molecular flexibility index (Phi) is 4.51. The van der Waals surface area contributed by atoms with Gasteiger partial charge in [-0.2, -0.15) is 0 Å². The lowest BCUT2D eigenvalue weighted by atomic mass is 9.85. The molecule has 4 heteroatoms. The summed E-state index contributed by atoms with van der Waals surface area (Å²) in [6.45, 7) is 1.29. The maximum Gasteiger partial charge on any atom is 0.223 e. The standard InChI is InChI=1S/C17H22ClNO2/c18-15-8-4-7-14(11-15)17(9-10-21-17)12-19-16(20)13-5-2-1-3-6-13/h4,7-8,11,13H,1-3,5-6,9-10,12H2,(H,19,20). The summed E-state index contributed by atoms with van der Waals surface area (Å²) in [6, 6.07) is 7.76. The minimum Gasteiger partial charge on any atom is -0.368 e.